The summed E-state index contributed by atoms with van der Waals surface area (Å²) in [5.74, 6) is -1.48. The lowest BCUT2D eigenvalue weighted by molar-refractivity contribution is -0.153. The van der Waals surface area contributed by atoms with Crippen LogP contribution < -0.4 is 4.74 Å². The van der Waals surface area contributed by atoms with Gasteiger partial charge in [-0.05, 0) is 30.7 Å². The minimum Gasteiger partial charge on any atom is -0.476 e. The average Bonchev–Trinajstić information content (AvgIpc) is 2.09. The number of carbonyl (C=O) groups is 1. The summed E-state index contributed by atoms with van der Waals surface area (Å²) in [5.41, 5.74) is 0.585. The molecule has 0 aromatic heterocycles. The molecule has 1 atom stereocenters. The maximum Gasteiger partial charge on any atom is 0.378 e. The van der Waals surface area contributed by atoms with Crippen molar-refractivity contribution in [1.82, 2.24) is 0 Å². The summed E-state index contributed by atoms with van der Waals surface area (Å²) in [4.78, 5) is 10.2. The van der Waals surface area contributed by atoms with Crippen molar-refractivity contribution in [2.45, 2.75) is 13.3 Å². The van der Waals surface area contributed by atoms with Gasteiger partial charge in [0.25, 0.3) is 0 Å². The van der Waals surface area contributed by atoms with Crippen LogP contribution in [0.25, 0.3) is 0 Å². The van der Waals surface area contributed by atoms with Gasteiger partial charge in [0.15, 0.2) is 0 Å². The minimum absolute atomic E-state index is 0.171. The number of halogens is 2. The fourth-order valence-electron chi connectivity index (χ4n) is 0.907. The molecule has 0 spiro atoms. The van der Waals surface area contributed by atoms with Crippen LogP contribution in [-0.2, 0) is 4.79 Å². The molecule has 0 saturated heterocycles. The van der Waals surface area contributed by atoms with E-state index in [1.807, 2.05) is 0 Å². The Labute approximate surface area is 85.1 Å². The van der Waals surface area contributed by atoms with Crippen molar-refractivity contribution >= 4 is 17.6 Å². The van der Waals surface area contributed by atoms with Crippen molar-refractivity contribution in [2.24, 2.45) is 0 Å². The lowest BCUT2D eigenvalue weighted by Crippen LogP contribution is -2.21. The van der Waals surface area contributed by atoms with Crippen molar-refractivity contribution in [3.8, 4) is 5.75 Å². The number of benzene rings is 1. The number of carboxylic acid groups (broad SMARTS) is 1. The van der Waals surface area contributed by atoms with Gasteiger partial charge in [-0.2, -0.15) is 4.39 Å². The second-order valence-electron chi connectivity index (χ2n) is 2.68. The van der Waals surface area contributed by atoms with Crippen molar-refractivity contribution in [3.63, 3.8) is 0 Å². The molecule has 1 aromatic rings. The van der Waals surface area contributed by atoms with E-state index in [-0.39, 0.29) is 5.75 Å². The van der Waals surface area contributed by atoms with Gasteiger partial charge in [0, 0.05) is 5.02 Å². The van der Waals surface area contributed by atoms with Crippen LogP contribution in [0.4, 0.5) is 4.39 Å². The highest BCUT2D eigenvalue weighted by Gasteiger charge is 2.17. The molecule has 0 amide bonds. The van der Waals surface area contributed by atoms with Crippen LogP contribution in [0.15, 0.2) is 18.2 Å². The molecule has 14 heavy (non-hydrogen) atoms. The topological polar surface area (TPSA) is 46.5 Å². The molecule has 0 aliphatic carbocycles. The molecule has 1 unspecified atom stereocenters. The lowest BCUT2D eigenvalue weighted by Gasteiger charge is -2.09. The zero-order valence-electron chi connectivity index (χ0n) is 7.33. The highest BCUT2D eigenvalue weighted by molar-refractivity contribution is 6.30. The van der Waals surface area contributed by atoms with Crippen LogP contribution in [0, 0.1) is 6.92 Å². The van der Waals surface area contributed by atoms with Crippen LogP contribution in [-0.4, -0.2) is 17.4 Å². The number of hydrogen-bond donors (Lipinski definition) is 1. The molecule has 1 N–H and O–H groups in total. The summed E-state index contributed by atoms with van der Waals surface area (Å²) in [7, 11) is 0. The maximum atomic E-state index is 12.6. The quantitative estimate of drug-likeness (QED) is 0.848. The number of aryl methyl sites for hydroxylation is 1. The summed E-state index contributed by atoms with van der Waals surface area (Å²) in [6.07, 6.45) is -2.35. The summed E-state index contributed by atoms with van der Waals surface area (Å²) in [5, 5.41) is 8.75. The SMILES string of the molecule is Cc1cc(Cl)ccc1OC(F)C(=O)O. The van der Waals surface area contributed by atoms with Crippen molar-refractivity contribution < 1.29 is 19.0 Å². The fourth-order valence-corrected chi connectivity index (χ4v) is 1.13. The Bertz CT molecular complexity index is 354. The van der Waals surface area contributed by atoms with Crippen LogP contribution in [0.5, 0.6) is 5.75 Å². The minimum atomic E-state index is -2.35. The van der Waals surface area contributed by atoms with E-state index < -0.39 is 12.3 Å². The summed E-state index contributed by atoms with van der Waals surface area (Å²) >= 11 is 5.65. The van der Waals surface area contributed by atoms with Gasteiger partial charge in [-0.3, -0.25) is 0 Å². The predicted octanol–water partition coefficient (Wildman–Crippen LogP) is 2.41. The molecule has 0 fully saturated rings. The summed E-state index contributed by atoms with van der Waals surface area (Å²) in [6, 6.07) is 4.48. The third-order valence-electron chi connectivity index (χ3n) is 1.56. The first-order valence-corrected chi connectivity index (χ1v) is 4.18. The number of alkyl halides is 1. The highest BCUT2D eigenvalue weighted by Crippen LogP contribution is 2.22. The first-order valence-electron chi connectivity index (χ1n) is 3.80. The Balaban J connectivity index is 2.82. The fraction of sp³-hybridized carbons (Fsp3) is 0.222. The Morgan fingerprint density at radius 1 is 1.64 bits per heavy atom. The number of aliphatic carboxylic acids is 1. The van der Waals surface area contributed by atoms with E-state index in [9.17, 15) is 9.18 Å². The van der Waals surface area contributed by atoms with Crippen LogP contribution in [0.1, 0.15) is 5.56 Å². The zero-order valence-corrected chi connectivity index (χ0v) is 8.08. The van der Waals surface area contributed by atoms with E-state index in [0.717, 1.165) is 0 Å². The lowest BCUT2D eigenvalue weighted by atomic mass is 10.2. The van der Waals surface area contributed by atoms with Gasteiger partial charge in [-0.15, -0.1) is 0 Å². The van der Waals surface area contributed by atoms with Gasteiger partial charge >= 0.3 is 12.3 Å². The smallest absolute Gasteiger partial charge is 0.378 e. The van der Waals surface area contributed by atoms with E-state index in [1.165, 1.54) is 12.1 Å². The molecular formula is C9H8ClFO3. The zero-order chi connectivity index (χ0) is 10.7. The van der Waals surface area contributed by atoms with Crippen molar-refractivity contribution in [1.29, 1.82) is 0 Å². The molecule has 1 aromatic carbocycles. The molecule has 0 aliphatic heterocycles. The maximum absolute atomic E-state index is 12.6. The molecular weight excluding hydrogens is 211 g/mol. The molecule has 0 radical (unpaired) electrons. The molecule has 0 heterocycles. The second kappa shape index (κ2) is 4.28. The molecule has 0 saturated carbocycles. The monoisotopic (exact) mass is 218 g/mol. The average molecular weight is 219 g/mol. The van der Waals surface area contributed by atoms with Gasteiger partial charge in [-0.1, -0.05) is 11.6 Å². The van der Waals surface area contributed by atoms with Gasteiger partial charge in [0.05, 0.1) is 0 Å². The first kappa shape index (κ1) is 10.8. The van der Waals surface area contributed by atoms with Gasteiger partial charge in [0.2, 0.25) is 0 Å². The normalized spacial score (nSPS) is 12.2. The number of ether oxygens (including phenoxy) is 1. The van der Waals surface area contributed by atoms with Gasteiger partial charge in [0.1, 0.15) is 5.75 Å². The van der Waals surface area contributed by atoms with E-state index >= 15 is 0 Å². The van der Waals surface area contributed by atoms with Crippen LogP contribution in [0.2, 0.25) is 5.02 Å². The van der Waals surface area contributed by atoms with E-state index in [4.69, 9.17) is 16.7 Å². The molecule has 1 rings (SSSR count). The van der Waals surface area contributed by atoms with Crippen molar-refractivity contribution in [3.05, 3.63) is 28.8 Å². The molecule has 3 nitrogen and oxygen atoms in total. The van der Waals surface area contributed by atoms with E-state index in [2.05, 4.69) is 4.74 Å². The standard InChI is InChI=1S/C9H8ClFO3/c1-5-4-6(10)2-3-7(5)14-8(11)9(12)13/h2-4,8H,1H3,(H,12,13). The van der Waals surface area contributed by atoms with E-state index in [0.29, 0.717) is 10.6 Å². The Hall–Kier alpha value is -1.29. The second-order valence-corrected chi connectivity index (χ2v) is 3.12. The predicted molar refractivity (Wildman–Crippen MR) is 49.3 cm³/mol. The summed E-state index contributed by atoms with van der Waals surface area (Å²) < 4.78 is 17.2. The first-order chi connectivity index (χ1) is 6.50. The summed E-state index contributed by atoms with van der Waals surface area (Å²) in [6.45, 7) is 1.65. The number of hydrogen-bond acceptors (Lipinski definition) is 2. The number of carboxylic acids is 1. The van der Waals surface area contributed by atoms with Crippen molar-refractivity contribution in [2.75, 3.05) is 0 Å². The van der Waals surface area contributed by atoms with Gasteiger partial charge < -0.3 is 9.84 Å². The van der Waals surface area contributed by atoms with Crippen LogP contribution >= 0.6 is 11.6 Å². The number of rotatable bonds is 3. The van der Waals surface area contributed by atoms with Gasteiger partial charge in [-0.25, -0.2) is 4.79 Å². The van der Waals surface area contributed by atoms with Crippen LogP contribution in [0.3, 0.4) is 0 Å². The highest BCUT2D eigenvalue weighted by atomic mass is 35.5. The molecule has 5 heteroatoms. The third-order valence-corrected chi connectivity index (χ3v) is 1.80. The molecule has 0 aliphatic rings. The Morgan fingerprint density at radius 2 is 2.29 bits per heavy atom. The molecule has 76 valence electrons. The Morgan fingerprint density at radius 3 is 2.79 bits per heavy atom. The molecule has 0 bridgehead atoms. The Kier molecular flexibility index (Phi) is 3.30. The largest absolute Gasteiger partial charge is 0.476 e. The van der Waals surface area contributed by atoms with E-state index in [1.54, 1.807) is 13.0 Å². The third kappa shape index (κ3) is 2.60.